The largest absolute Gasteiger partial charge is 0.508 e. The first-order valence-electron chi connectivity index (χ1n) is 16.6. The number of hydrogen-bond acceptors (Lipinski definition) is 16. The third kappa shape index (κ3) is 12.3. The van der Waals surface area contributed by atoms with Gasteiger partial charge >= 0.3 is 35.8 Å². The minimum absolute atomic E-state index is 0.0572. The molecule has 2 aromatic carbocycles. The van der Waals surface area contributed by atoms with Gasteiger partial charge in [0.2, 0.25) is 0 Å². The van der Waals surface area contributed by atoms with Crippen LogP contribution in [0.1, 0.15) is 99.1 Å². The molecule has 0 saturated heterocycles. The summed E-state index contributed by atoms with van der Waals surface area (Å²) in [6.07, 6.45) is -7.74. The van der Waals surface area contributed by atoms with Gasteiger partial charge in [-0.15, -0.1) is 0 Å². The summed E-state index contributed by atoms with van der Waals surface area (Å²) < 4.78 is 32.1. The molecule has 0 saturated carbocycles. The van der Waals surface area contributed by atoms with Gasteiger partial charge < -0.3 is 48.8 Å². The normalized spacial score (nSPS) is 25.3. The Labute approximate surface area is 299 Å². The van der Waals surface area contributed by atoms with Crippen LogP contribution >= 0.6 is 0 Å². The number of rotatable bonds is 0. The lowest BCUT2D eigenvalue weighted by molar-refractivity contribution is -0.160. The quantitative estimate of drug-likeness (QED) is 0.223. The smallest absolute Gasteiger partial charge is 0.342 e. The molecule has 0 aliphatic carbocycles. The fraction of sp³-hybridized carbons (Fsp3) is 0.500. The van der Waals surface area contributed by atoms with Crippen LogP contribution in [-0.2, 0) is 60.4 Å². The van der Waals surface area contributed by atoms with Gasteiger partial charge in [0.15, 0.2) is 0 Å². The van der Waals surface area contributed by atoms with Crippen molar-refractivity contribution < 1.29 is 77.6 Å². The number of phenols is 4. The number of carbonyl (C=O) groups excluding carboxylic acids is 6. The predicted molar refractivity (Wildman–Crippen MR) is 177 cm³/mol. The van der Waals surface area contributed by atoms with Gasteiger partial charge in [0.1, 0.15) is 70.7 Å². The van der Waals surface area contributed by atoms with E-state index in [1.807, 2.05) is 0 Å². The number of phenolic OH excluding ortho intramolecular Hbond substituents is 4. The van der Waals surface area contributed by atoms with E-state index < -0.39 is 103 Å². The van der Waals surface area contributed by atoms with E-state index >= 15 is 0 Å². The van der Waals surface area contributed by atoms with Gasteiger partial charge in [0.25, 0.3) is 0 Å². The number of carbonyl (C=O) groups is 6. The van der Waals surface area contributed by atoms with Gasteiger partial charge in [-0.1, -0.05) is 0 Å². The number of fused-ring (bicyclic) bond motifs is 2. The Morgan fingerprint density at radius 1 is 0.404 bits per heavy atom. The number of aromatic hydroxyl groups is 4. The summed E-state index contributed by atoms with van der Waals surface area (Å²) in [5.74, 6) is -7.27. The minimum Gasteiger partial charge on any atom is -0.508 e. The first-order valence-corrected chi connectivity index (χ1v) is 16.6. The van der Waals surface area contributed by atoms with E-state index in [9.17, 15) is 49.2 Å². The maximum atomic E-state index is 13.2. The Morgan fingerprint density at radius 3 is 0.942 bits per heavy atom. The third-order valence-corrected chi connectivity index (χ3v) is 7.55. The van der Waals surface area contributed by atoms with Crippen molar-refractivity contribution in [2.24, 2.45) is 0 Å². The highest BCUT2D eigenvalue weighted by molar-refractivity contribution is 5.95. The summed E-state index contributed by atoms with van der Waals surface area (Å²) in [5.41, 5.74) is -0.552. The SMILES string of the molecule is C[C@@H]1CC(=O)O[C@@H](C)CC(=O)O[C@H](C)Cc2cc(O)cc(O)c2C(=O)O[C@H](C)CC(=O)O[C@H](C)Cc2cc(O)cc(O)c2C(=O)O[C@@H](C)CC(=O)O1. The van der Waals surface area contributed by atoms with E-state index in [-0.39, 0.29) is 53.7 Å². The average Bonchev–Trinajstić information content (AvgIpc) is 2.94. The lowest BCUT2D eigenvalue weighted by Gasteiger charge is -2.21. The number of hydrogen-bond donors (Lipinski definition) is 4. The lowest BCUT2D eigenvalue weighted by atomic mass is 10.00. The van der Waals surface area contributed by atoms with Gasteiger partial charge in [-0.25, -0.2) is 9.59 Å². The Hall–Kier alpha value is -5.54. The molecule has 4 N–H and O–H groups in total. The Balaban J connectivity index is 1.87. The van der Waals surface area contributed by atoms with Crippen molar-refractivity contribution in [2.75, 3.05) is 0 Å². The Morgan fingerprint density at radius 2 is 0.654 bits per heavy atom. The second kappa shape index (κ2) is 18.1. The standard InChI is InChI=1S/C36H44O16/c1-17-7-23-13-25(37)15-27(39)33(23)35(45)51-21(5)11-31(43)48-18(2)8-24-14-26(38)16-28(40)34(24)36(46)52-22(6)12-32(44)50-20(4)10-30(42)49-19(3)9-29(41)47-17/h13-22,37-40H,7-12H2,1-6H3/t17-,18-,19+,20-,21-,22+/m1/s1. The van der Waals surface area contributed by atoms with Crippen LogP contribution in [0.5, 0.6) is 23.0 Å². The van der Waals surface area contributed by atoms with Crippen LogP contribution < -0.4 is 0 Å². The summed E-state index contributed by atoms with van der Waals surface area (Å²) >= 11 is 0. The highest BCUT2D eigenvalue weighted by Crippen LogP contribution is 2.31. The fourth-order valence-corrected chi connectivity index (χ4v) is 5.51. The van der Waals surface area contributed by atoms with Crippen LogP contribution in [-0.4, -0.2) is 92.9 Å². The zero-order valence-corrected chi connectivity index (χ0v) is 29.7. The first-order chi connectivity index (χ1) is 24.3. The fourth-order valence-electron chi connectivity index (χ4n) is 5.51. The van der Waals surface area contributed by atoms with Crippen LogP contribution in [0.3, 0.4) is 0 Å². The molecule has 0 fully saturated rings. The number of ether oxygens (including phenoxy) is 6. The highest BCUT2D eigenvalue weighted by atomic mass is 16.6. The molecular formula is C36H44O16. The van der Waals surface area contributed by atoms with Crippen molar-refractivity contribution in [1.82, 2.24) is 0 Å². The molecule has 1 aliphatic rings. The van der Waals surface area contributed by atoms with Crippen molar-refractivity contribution in [1.29, 1.82) is 0 Å². The van der Waals surface area contributed by atoms with E-state index in [4.69, 9.17) is 28.4 Å². The predicted octanol–water partition coefficient (Wildman–Crippen LogP) is 3.69. The molecular weight excluding hydrogens is 688 g/mol. The van der Waals surface area contributed by atoms with E-state index in [0.717, 1.165) is 12.1 Å². The molecule has 16 heteroatoms. The molecule has 52 heavy (non-hydrogen) atoms. The summed E-state index contributed by atoms with van der Waals surface area (Å²) in [6, 6.07) is 4.19. The van der Waals surface area contributed by atoms with Crippen LogP contribution in [0, 0.1) is 0 Å². The maximum absolute atomic E-state index is 13.2. The number of esters is 6. The van der Waals surface area contributed by atoms with Gasteiger partial charge in [0, 0.05) is 25.0 Å². The molecule has 0 radical (unpaired) electrons. The van der Waals surface area contributed by atoms with Crippen molar-refractivity contribution in [3.8, 4) is 23.0 Å². The zero-order valence-electron chi connectivity index (χ0n) is 29.7. The molecule has 0 amide bonds. The molecule has 284 valence electrons. The molecule has 1 aliphatic heterocycles. The molecule has 0 spiro atoms. The maximum Gasteiger partial charge on any atom is 0.342 e. The zero-order chi connectivity index (χ0) is 38.9. The monoisotopic (exact) mass is 732 g/mol. The van der Waals surface area contributed by atoms with E-state index in [1.54, 1.807) is 0 Å². The Kier molecular flexibility index (Phi) is 14.2. The van der Waals surface area contributed by atoms with Gasteiger partial charge in [-0.05, 0) is 64.8 Å². The summed E-state index contributed by atoms with van der Waals surface area (Å²) in [7, 11) is 0. The van der Waals surface area contributed by atoms with Gasteiger partial charge in [0.05, 0.1) is 25.7 Å². The molecule has 0 bridgehead atoms. The van der Waals surface area contributed by atoms with Crippen molar-refractivity contribution in [3.05, 3.63) is 46.5 Å². The van der Waals surface area contributed by atoms with Crippen LogP contribution in [0.4, 0.5) is 0 Å². The molecule has 1 heterocycles. The van der Waals surface area contributed by atoms with Gasteiger partial charge in [-0.3, -0.25) is 19.2 Å². The van der Waals surface area contributed by atoms with Gasteiger partial charge in [-0.2, -0.15) is 0 Å². The third-order valence-electron chi connectivity index (χ3n) is 7.55. The average molecular weight is 733 g/mol. The lowest BCUT2D eigenvalue weighted by Crippen LogP contribution is -2.27. The number of cyclic esters (lactones) is 6. The second-order valence-electron chi connectivity index (χ2n) is 12.9. The highest BCUT2D eigenvalue weighted by Gasteiger charge is 2.28. The van der Waals surface area contributed by atoms with Crippen molar-refractivity contribution >= 4 is 35.8 Å². The molecule has 16 nitrogen and oxygen atoms in total. The topological polar surface area (TPSA) is 239 Å². The summed E-state index contributed by atoms with van der Waals surface area (Å²) in [6.45, 7) is 8.67. The summed E-state index contributed by atoms with van der Waals surface area (Å²) in [5, 5.41) is 41.3. The molecule has 0 aromatic heterocycles. The van der Waals surface area contributed by atoms with E-state index in [0.29, 0.717) is 0 Å². The van der Waals surface area contributed by atoms with Crippen molar-refractivity contribution in [3.63, 3.8) is 0 Å². The minimum atomic E-state index is -1.08. The molecule has 3 rings (SSSR count). The van der Waals surface area contributed by atoms with Crippen molar-refractivity contribution in [2.45, 2.75) is 117 Å². The number of benzene rings is 2. The van der Waals surface area contributed by atoms with E-state index in [2.05, 4.69) is 0 Å². The second-order valence-corrected chi connectivity index (χ2v) is 12.9. The van der Waals surface area contributed by atoms with Crippen LogP contribution in [0.2, 0.25) is 0 Å². The summed E-state index contributed by atoms with van der Waals surface area (Å²) in [4.78, 5) is 76.7. The first kappa shape index (κ1) is 40.9. The van der Waals surface area contributed by atoms with Crippen LogP contribution in [0.25, 0.3) is 0 Å². The van der Waals surface area contributed by atoms with Crippen LogP contribution in [0.15, 0.2) is 24.3 Å². The molecule has 0 unspecified atom stereocenters. The Bertz CT molecular complexity index is 1670. The van der Waals surface area contributed by atoms with E-state index in [1.165, 1.54) is 53.7 Å². The molecule has 6 atom stereocenters. The molecule has 2 aromatic rings.